The number of hydrogen-bond donors (Lipinski definition) is 7. The van der Waals surface area contributed by atoms with Crippen LogP contribution < -0.4 is 32.0 Å². The molecule has 6 amide bonds. The van der Waals surface area contributed by atoms with Crippen LogP contribution >= 0.6 is 0 Å². The zero-order chi connectivity index (χ0) is 29.6. The van der Waals surface area contributed by atoms with Gasteiger partial charge in [0.05, 0.1) is 24.6 Å². The normalized spacial score (nSPS) is 19.1. The lowest BCUT2D eigenvalue weighted by molar-refractivity contribution is -0.141. The first kappa shape index (κ1) is 29.5. The number of amides is 6. The molecule has 0 radical (unpaired) electrons. The van der Waals surface area contributed by atoms with Gasteiger partial charge < -0.3 is 31.9 Å². The van der Waals surface area contributed by atoms with Crippen molar-refractivity contribution >= 4 is 53.5 Å². The number of hydrogen-bond acceptors (Lipinski definition) is 8. The lowest BCUT2D eigenvalue weighted by atomic mass is 10.0. The zero-order valence-electron chi connectivity index (χ0n) is 21.4. The second-order valence-corrected chi connectivity index (χ2v) is 9.27. The highest BCUT2D eigenvalue weighted by Gasteiger charge is 2.44. The van der Waals surface area contributed by atoms with E-state index in [0.717, 1.165) is 18.7 Å². The first-order valence-corrected chi connectivity index (χ1v) is 12.2. The number of anilines is 1. The molecular formula is C24H29N7O9. The molecule has 2 heterocycles. The van der Waals surface area contributed by atoms with Gasteiger partial charge in [-0.15, -0.1) is 0 Å². The van der Waals surface area contributed by atoms with Gasteiger partial charge in [-0.25, -0.2) is 10.2 Å². The van der Waals surface area contributed by atoms with E-state index in [-0.39, 0.29) is 12.8 Å². The molecule has 3 rings (SSSR count). The SMILES string of the molecule is CC(=O)N[C@@H](CC(=O)O)C(=O)N[C@H]1CCc2cccc3c2N(C1=O)[C@H](C(=O)N[C@H](C=NNC(N)=O)CC(=O)O)C3. The van der Waals surface area contributed by atoms with Gasteiger partial charge in [-0.1, -0.05) is 18.2 Å². The van der Waals surface area contributed by atoms with E-state index in [2.05, 4.69) is 21.1 Å². The summed E-state index contributed by atoms with van der Waals surface area (Å²) in [6.07, 6.45) is 0.290. The average molecular weight is 560 g/mol. The molecule has 0 unspecified atom stereocenters. The number of carbonyl (C=O) groups is 7. The van der Waals surface area contributed by atoms with E-state index in [0.29, 0.717) is 17.7 Å². The molecule has 4 atom stereocenters. The van der Waals surface area contributed by atoms with Crippen LogP contribution in [0.1, 0.15) is 37.3 Å². The number of primary amides is 1. The molecule has 0 saturated carbocycles. The van der Waals surface area contributed by atoms with E-state index < -0.39 is 78.6 Å². The predicted molar refractivity (Wildman–Crippen MR) is 137 cm³/mol. The number of nitrogens with zero attached hydrogens (tertiary/aromatic N) is 2. The van der Waals surface area contributed by atoms with E-state index in [4.69, 9.17) is 10.8 Å². The minimum absolute atomic E-state index is 0.103. The van der Waals surface area contributed by atoms with E-state index in [1.54, 1.807) is 18.2 Å². The number of para-hydroxylation sites is 1. The number of nitrogens with one attached hydrogen (secondary N) is 4. The van der Waals surface area contributed by atoms with Gasteiger partial charge in [0.2, 0.25) is 23.6 Å². The molecule has 2 aliphatic heterocycles. The first-order valence-electron chi connectivity index (χ1n) is 12.2. The zero-order valence-corrected chi connectivity index (χ0v) is 21.4. The van der Waals surface area contributed by atoms with Gasteiger partial charge in [0.1, 0.15) is 18.1 Å². The molecule has 16 heteroatoms. The molecule has 0 bridgehead atoms. The van der Waals surface area contributed by atoms with Crippen LogP contribution in [-0.2, 0) is 41.6 Å². The molecule has 8 N–H and O–H groups in total. The summed E-state index contributed by atoms with van der Waals surface area (Å²) in [4.78, 5) is 86.1. The Labute approximate surface area is 227 Å². The topological polar surface area (TPSA) is 250 Å². The summed E-state index contributed by atoms with van der Waals surface area (Å²) in [5.74, 6) is -5.44. The molecule has 0 fully saturated rings. The molecule has 0 aliphatic carbocycles. The van der Waals surface area contributed by atoms with Crippen LogP contribution in [0.4, 0.5) is 10.5 Å². The Hall–Kier alpha value is -5.02. The quantitative estimate of drug-likeness (QED) is 0.116. The number of carbonyl (C=O) groups excluding carboxylic acids is 5. The average Bonchev–Trinajstić information content (AvgIpc) is 3.18. The van der Waals surface area contributed by atoms with Crippen molar-refractivity contribution in [1.82, 2.24) is 21.4 Å². The number of hydrazone groups is 1. The van der Waals surface area contributed by atoms with Gasteiger partial charge in [0.15, 0.2) is 0 Å². The summed E-state index contributed by atoms with van der Waals surface area (Å²) in [6, 6.07) is -0.545. The predicted octanol–water partition coefficient (Wildman–Crippen LogP) is -2.03. The molecular weight excluding hydrogens is 530 g/mol. The lowest BCUT2D eigenvalue weighted by Crippen LogP contribution is -2.58. The van der Waals surface area contributed by atoms with Crippen LogP contribution in [0.2, 0.25) is 0 Å². The van der Waals surface area contributed by atoms with Crippen molar-refractivity contribution in [2.45, 2.75) is 63.2 Å². The van der Waals surface area contributed by atoms with Crippen LogP contribution in [0.5, 0.6) is 0 Å². The molecule has 2 aliphatic rings. The van der Waals surface area contributed by atoms with Gasteiger partial charge in [-0.05, 0) is 24.0 Å². The Kier molecular flexibility index (Phi) is 9.37. The fraction of sp³-hybridized carbons (Fsp3) is 0.417. The third-order valence-corrected chi connectivity index (χ3v) is 6.25. The third kappa shape index (κ3) is 7.30. The highest BCUT2D eigenvalue weighted by molar-refractivity contribution is 6.08. The van der Waals surface area contributed by atoms with Crippen LogP contribution in [0.25, 0.3) is 0 Å². The summed E-state index contributed by atoms with van der Waals surface area (Å²) in [5.41, 5.74) is 8.80. The maximum absolute atomic E-state index is 13.7. The summed E-state index contributed by atoms with van der Waals surface area (Å²) < 4.78 is 0. The van der Waals surface area contributed by atoms with Crippen LogP contribution in [-0.4, -0.2) is 82.2 Å². The number of nitrogens with two attached hydrogens (primary N) is 1. The number of benzene rings is 1. The second kappa shape index (κ2) is 12.7. The van der Waals surface area contributed by atoms with Crippen LogP contribution in [0.3, 0.4) is 0 Å². The van der Waals surface area contributed by atoms with Crippen LogP contribution in [0, 0.1) is 0 Å². The first-order chi connectivity index (χ1) is 18.9. The Morgan fingerprint density at radius 3 is 2.40 bits per heavy atom. The number of carboxylic acid groups (broad SMARTS) is 2. The smallest absolute Gasteiger partial charge is 0.332 e. The summed E-state index contributed by atoms with van der Waals surface area (Å²) in [6.45, 7) is 1.12. The van der Waals surface area contributed by atoms with Gasteiger partial charge in [-0.3, -0.25) is 33.7 Å². The lowest BCUT2D eigenvalue weighted by Gasteiger charge is -2.29. The number of urea groups is 1. The van der Waals surface area contributed by atoms with Gasteiger partial charge in [0.25, 0.3) is 0 Å². The molecule has 40 heavy (non-hydrogen) atoms. The molecule has 0 saturated heterocycles. The minimum atomic E-state index is -1.42. The number of rotatable bonds is 11. The van der Waals surface area contributed by atoms with Crippen molar-refractivity contribution in [1.29, 1.82) is 0 Å². The Morgan fingerprint density at radius 2 is 1.77 bits per heavy atom. The highest BCUT2D eigenvalue weighted by Crippen LogP contribution is 2.39. The van der Waals surface area contributed by atoms with Crippen molar-refractivity contribution < 1.29 is 43.8 Å². The molecule has 1 aromatic rings. The Bertz CT molecular complexity index is 1250. The summed E-state index contributed by atoms with van der Waals surface area (Å²) in [5, 5.41) is 29.1. The van der Waals surface area contributed by atoms with Crippen molar-refractivity contribution in [3.8, 4) is 0 Å². The number of aryl methyl sites for hydroxylation is 1. The Morgan fingerprint density at radius 1 is 1.10 bits per heavy atom. The Balaban J connectivity index is 1.86. The largest absolute Gasteiger partial charge is 0.481 e. The van der Waals surface area contributed by atoms with E-state index in [1.165, 1.54) is 4.90 Å². The molecule has 0 aromatic heterocycles. The highest BCUT2D eigenvalue weighted by atomic mass is 16.4. The van der Waals surface area contributed by atoms with Crippen molar-refractivity contribution in [2.24, 2.45) is 10.8 Å². The van der Waals surface area contributed by atoms with E-state index in [9.17, 15) is 38.7 Å². The summed E-state index contributed by atoms with van der Waals surface area (Å²) in [7, 11) is 0. The van der Waals surface area contributed by atoms with Gasteiger partial charge in [0, 0.05) is 19.6 Å². The second-order valence-electron chi connectivity index (χ2n) is 9.27. The van der Waals surface area contributed by atoms with Crippen LogP contribution in [0.15, 0.2) is 23.3 Å². The summed E-state index contributed by atoms with van der Waals surface area (Å²) >= 11 is 0. The van der Waals surface area contributed by atoms with E-state index in [1.807, 2.05) is 5.43 Å². The number of aliphatic carboxylic acids is 2. The standard InChI is InChI=1S/C24H29N7O9/c1-11(32)27-16(9-19(35)36)21(37)29-15-6-5-12-3-2-4-13-7-17(31(20(12)13)23(15)39)22(38)28-14(8-18(33)34)10-26-30-24(25)40/h2-4,10,14-17H,5-9H2,1H3,(H,27,32)(H,28,38)(H,29,37)(H,33,34)(H,35,36)(H3,25,30,40)/t14-,15-,16-,17-/m0/s1. The molecule has 0 spiro atoms. The molecule has 214 valence electrons. The van der Waals surface area contributed by atoms with Crippen molar-refractivity contribution in [2.75, 3.05) is 4.90 Å². The molecule has 16 nitrogen and oxygen atoms in total. The van der Waals surface area contributed by atoms with Crippen molar-refractivity contribution in [3.63, 3.8) is 0 Å². The van der Waals surface area contributed by atoms with Gasteiger partial charge in [-0.2, -0.15) is 5.10 Å². The van der Waals surface area contributed by atoms with E-state index >= 15 is 0 Å². The maximum atomic E-state index is 13.7. The minimum Gasteiger partial charge on any atom is -0.481 e. The fourth-order valence-corrected chi connectivity index (χ4v) is 4.68. The maximum Gasteiger partial charge on any atom is 0.332 e. The monoisotopic (exact) mass is 559 g/mol. The van der Waals surface area contributed by atoms with Crippen molar-refractivity contribution in [3.05, 3.63) is 29.3 Å². The fourth-order valence-electron chi connectivity index (χ4n) is 4.68. The van der Waals surface area contributed by atoms with Gasteiger partial charge >= 0.3 is 18.0 Å². The third-order valence-electron chi connectivity index (χ3n) is 6.25. The molecule has 1 aromatic carbocycles. The number of carboxylic acids is 2.